The number of nitriles is 1. The van der Waals surface area contributed by atoms with Crippen molar-refractivity contribution in [1.29, 1.82) is 5.26 Å². The Hall–Kier alpha value is -6.45. The van der Waals surface area contributed by atoms with Crippen LogP contribution in [0.25, 0.3) is 55.0 Å². The second-order valence-corrected chi connectivity index (χ2v) is 11.2. The molecule has 8 aromatic rings. The van der Waals surface area contributed by atoms with Gasteiger partial charge in [-0.2, -0.15) is 5.26 Å². The van der Waals surface area contributed by atoms with Gasteiger partial charge in [0.05, 0.1) is 50.1 Å². The highest BCUT2D eigenvalue weighted by Gasteiger charge is 2.36. The van der Waals surface area contributed by atoms with Crippen LogP contribution in [0.5, 0.6) is 0 Å². The molecule has 0 saturated carbocycles. The Morgan fingerprint density at radius 3 is 1.62 bits per heavy atom. The SMILES string of the molecule is N#Cc1cc(N2C(=O)c3ccccc3C2=O)ccc1-n1c2ccccc2c2cc3c(cc21)c1ccccc1n3-c1ccccc1. The largest absolute Gasteiger partial charge is 0.309 e. The maximum absolute atomic E-state index is 13.2. The summed E-state index contributed by atoms with van der Waals surface area (Å²) in [5.74, 6) is -0.775. The predicted octanol–water partition coefficient (Wildman–Crippen LogP) is 8.55. The summed E-state index contributed by atoms with van der Waals surface area (Å²) in [5.41, 5.74) is 7.36. The summed E-state index contributed by atoms with van der Waals surface area (Å²) >= 11 is 0. The second kappa shape index (κ2) is 9.27. The van der Waals surface area contributed by atoms with Crippen LogP contribution in [0, 0.1) is 11.3 Å². The number of carbonyl (C=O) groups is 2. The van der Waals surface area contributed by atoms with Gasteiger partial charge in [0.1, 0.15) is 6.07 Å². The minimum absolute atomic E-state index is 0.360. The Morgan fingerprint density at radius 2 is 1.00 bits per heavy atom. The number of hydrogen-bond acceptors (Lipinski definition) is 3. The highest BCUT2D eigenvalue weighted by molar-refractivity contribution is 6.34. The average molecular weight is 579 g/mol. The maximum atomic E-state index is 13.2. The van der Waals surface area contributed by atoms with Crippen LogP contribution >= 0.6 is 0 Å². The van der Waals surface area contributed by atoms with Crippen LogP contribution in [0.2, 0.25) is 0 Å². The summed E-state index contributed by atoms with van der Waals surface area (Å²) in [6, 6.07) is 45.8. The molecule has 1 aliphatic rings. The van der Waals surface area contributed by atoms with E-state index in [1.165, 1.54) is 0 Å². The number of rotatable bonds is 3. The molecule has 6 aromatic carbocycles. The quantitative estimate of drug-likeness (QED) is 0.197. The molecule has 0 unspecified atom stereocenters. The zero-order valence-electron chi connectivity index (χ0n) is 23.8. The first-order valence-electron chi connectivity index (χ1n) is 14.7. The van der Waals surface area contributed by atoms with Crippen LogP contribution in [0.1, 0.15) is 26.3 Å². The number of amides is 2. The number of hydrogen-bond donors (Lipinski definition) is 0. The van der Waals surface area contributed by atoms with Crippen molar-refractivity contribution in [3.8, 4) is 17.4 Å². The van der Waals surface area contributed by atoms with Crippen molar-refractivity contribution in [3.05, 3.63) is 150 Å². The van der Waals surface area contributed by atoms with Crippen molar-refractivity contribution in [3.63, 3.8) is 0 Å². The zero-order valence-corrected chi connectivity index (χ0v) is 23.8. The van der Waals surface area contributed by atoms with Crippen LogP contribution in [-0.4, -0.2) is 20.9 Å². The summed E-state index contributed by atoms with van der Waals surface area (Å²) in [4.78, 5) is 27.6. The van der Waals surface area contributed by atoms with E-state index in [9.17, 15) is 14.9 Å². The number of fused-ring (bicyclic) bond motifs is 7. The molecule has 9 rings (SSSR count). The molecule has 3 heterocycles. The van der Waals surface area contributed by atoms with E-state index in [2.05, 4.69) is 88.0 Å². The van der Waals surface area contributed by atoms with E-state index in [0.29, 0.717) is 28.1 Å². The van der Waals surface area contributed by atoms with E-state index in [1.807, 2.05) is 24.3 Å². The topological polar surface area (TPSA) is 71.0 Å². The summed E-state index contributed by atoms with van der Waals surface area (Å²) in [7, 11) is 0. The standard InChI is InChI=1S/C39H22N4O2/c40-23-24-20-26(42-38(44)29-14-4-5-15-30(29)39(42)45)18-19-33(24)43-35-17-9-7-13-28(35)32-21-36-31(22-37(32)43)27-12-6-8-16-34(27)41(36)25-10-2-1-3-11-25/h1-22H. The van der Waals surface area contributed by atoms with E-state index < -0.39 is 0 Å². The van der Waals surface area contributed by atoms with Gasteiger partial charge in [-0.25, -0.2) is 4.90 Å². The summed E-state index contributed by atoms with van der Waals surface area (Å²) in [6.07, 6.45) is 0. The lowest BCUT2D eigenvalue weighted by Crippen LogP contribution is -2.29. The Bertz CT molecular complexity index is 2570. The molecule has 0 saturated heterocycles. The number of carbonyl (C=O) groups excluding carboxylic acids is 2. The van der Waals surface area contributed by atoms with E-state index >= 15 is 0 Å². The van der Waals surface area contributed by atoms with Crippen LogP contribution in [0.4, 0.5) is 5.69 Å². The first-order chi connectivity index (χ1) is 22.1. The van der Waals surface area contributed by atoms with Crippen molar-refractivity contribution >= 4 is 61.1 Å². The third kappa shape index (κ3) is 3.43. The van der Waals surface area contributed by atoms with Crippen LogP contribution in [0.3, 0.4) is 0 Å². The van der Waals surface area contributed by atoms with Gasteiger partial charge in [0.25, 0.3) is 11.8 Å². The lowest BCUT2D eigenvalue weighted by Gasteiger charge is -2.17. The summed E-state index contributed by atoms with van der Waals surface area (Å²) < 4.78 is 4.41. The van der Waals surface area contributed by atoms with Crippen molar-refractivity contribution in [2.24, 2.45) is 0 Å². The highest BCUT2D eigenvalue weighted by atomic mass is 16.2. The fraction of sp³-hybridized carbons (Fsp3) is 0. The molecule has 0 radical (unpaired) electrons. The molecular weight excluding hydrogens is 556 g/mol. The van der Waals surface area contributed by atoms with Gasteiger partial charge in [0.15, 0.2) is 0 Å². The second-order valence-electron chi connectivity index (χ2n) is 11.2. The number of anilines is 1. The summed E-state index contributed by atoms with van der Waals surface area (Å²) in [5, 5.41) is 14.8. The van der Waals surface area contributed by atoms with Gasteiger partial charge in [-0.05, 0) is 66.7 Å². The van der Waals surface area contributed by atoms with E-state index in [0.717, 1.165) is 54.2 Å². The molecule has 0 aliphatic carbocycles. The molecule has 0 spiro atoms. The number of nitrogens with zero attached hydrogens (tertiary/aromatic N) is 4. The van der Waals surface area contributed by atoms with E-state index in [1.54, 1.807) is 36.4 Å². The molecule has 0 bridgehead atoms. The third-order valence-corrected chi connectivity index (χ3v) is 8.87. The smallest absolute Gasteiger partial charge is 0.266 e. The van der Waals surface area contributed by atoms with E-state index in [-0.39, 0.29) is 11.8 Å². The van der Waals surface area contributed by atoms with Gasteiger partial charge >= 0.3 is 0 Å². The minimum Gasteiger partial charge on any atom is -0.309 e. The van der Waals surface area contributed by atoms with Crippen molar-refractivity contribution in [2.45, 2.75) is 0 Å². The highest BCUT2D eigenvalue weighted by Crippen LogP contribution is 2.40. The number of aromatic nitrogens is 2. The molecule has 0 N–H and O–H groups in total. The lowest BCUT2D eigenvalue weighted by molar-refractivity contribution is 0.0926. The fourth-order valence-electron chi connectivity index (χ4n) is 6.92. The van der Waals surface area contributed by atoms with Crippen molar-refractivity contribution in [1.82, 2.24) is 9.13 Å². The Balaban J connectivity index is 1.31. The number of para-hydroxylation sites is 3. The minimum atomic E-state index is -0.388. The average Bonchev–Trinajstić information content (AvgIpc) is 3.68. The number of benzene rings is 6. The Morgan fingerprint density at radius 1 is 0.467 bits per heavy atom. The van der Waals surface area contributed by atoms with Gasteiger partial charge in [-0.3, -0.25) is 9.59 Å². The predicted molar refractivity (Wildman–Crippen MR) is 177 cm³/mol. The van der Waals surface area contributed by atoms with Gasteiger partial charge in [0.2, 0.25) is 0 Å². The normalized spacial score (nSPS) is 12.9. The third-order valence-electron chi connectivity index (χ3n) is 8.87. The molecule has 210 valence electrons. The molecule has 45 heavy (non-hydrogen) atoms. The van der Waals surface area contributed by atoms with Gasteiger partial charge in [0, 0.05) is 27.2 Å². The maximum Gasteiger partial charge on any atom is 0.266 e. The lowest BCUT2D eigenvalue weighted by atomic mass is 10.1. The van der Waals surface area contributed by atoms with Crippen molar-refractivity contribution < 1.29 is 9.59 Å². The molecule has 2 amide bonds. The summed E-state index contributed by atoms with van der Waals surface area (Å²) in [6.45, 7) is 0. The van der Waals surface area contributed by atoms with Gasteiger partial charge < -0.3 is 9.13 Å². The first kappa shape index (κ1) is 25.1. The molecule has 1 aliphatic heterocycles. The van der Waals surface area contributed by atoms with E-state index in [4.69, 9.17) is 0 Å². The van der Waals surface area contributed by atoms with Gasteiger partial charge in [-0.15, -0.1) is 0 Å². The fourth-order valence-corrected chi connectivity index (χ4v) is 6.92. The Kier molecular flexibility index (Phi) is 5.17. The molecule has 6 heteroatoms. The molecular formula is C39H22N4O2. The molecule has 0 atom stereocenters. The monoisotopic (exact) mass is 578 g/mol. The molecule has 0 fully saturated rings. The molecule has 6 nitrogen and oxygen atoms in total. The van der Waals surface area contributed by atoms with Crippen LogP contribution in [0.15, 0.2) is 133 Å². The van der Waals surface area contributed by atoms with Crippen LogP contribution in [-0.2, 0) is 0 Å². The molecule has 2 aromatic heterocycles. The first-order valence-corrected chi connectivity index (χ1v) is 14.7. The van der Waals surface area contributed by atoms with Crippen molar-refractivity contribution in [2.75, 3.05) is 4.90 Å². The number of imide groups is 1. The Labute approximate surface area is 257 Å². The van der Waals surface area contributed by atoms with Gasteiger partial charge in [-0.1, -0.05) is 66.7 Å². The zero-order chi connectivity index (χ0) is 30.2. The van der Waals surface area contributed by atoms with Crippen LogP contribution < -0.4 is 4.90 Å².